The van der Waals surface area contributed by atoms with Gasteiger partial charge in [-0.3, -0.25) is 28.7 Å². The van der Waals surface area contributed by atoms with Crippen LogP contribution in [0.2, 0.25) is 0 Å². The minimum atomic E-state index is -3.69. The number of nitrogen functional groups attached to an aromatic ring is 1. The first-order chi connectivity index (χ1) is 18.0. The van der Waals surface area contributed by atoms with Crippen LogP contribution in [0, 0.1) is 6.92 Å². The molecule has 0 aromatic carbocycles. The smallest absolute Gasteiger partial charge is 0.330 e. The van der Waals surface area contributed by atoms with Gasteiger partial charge in [0, 0.05) is 18.2 Å². The number of aromatic amines is 2. The van der Waals surface area contributed by atoms with Gasteiger partial charge in [0.2, 0.25) is 5.95 Å². The molecular weight excluding hydrogens is 541 g/mol. The van der Waals surface area contributed by atoms with E-state index in [2.05, 4.69) is 19.9 Å². The molecule has 5 N–H and O–H groups in total. The number of imidazole rings is 1. The molecule has 15 nitrogen and oxygen atoms in total. The predicted molar refractivity (Wildman–Crippen MR) is 138 cm³/mol. The van der Waals surface area contributed by atoms with Gasteiger partial charge in [-0.25, -0.2) is 9.78 Å². The number of H-pyrrole nitrogens is 2. The van der Waals surface area contributed by atoms with Crippen LogP contribution in [0.4, 0.5) is 5.95 Å². The van der Waals surface area contributed by atoms with Gasteiger partial charge in [-0.05, 0) is 38.0 Å². The third-order valence-corrected chi connectivity index (χ3v) is 8.16. The SMILES string of the molecule is CC[C@H]1O[C@@H](n2cnc3c(=O)[nH]c(N)nc32)C[C@H]1OP(O)(=S)OC[C@@H]1CC[C@H](n2cc(C)c(=O)[nH]c2=O)O1. The van der Waals surface area contributed by atoms with E-state index in [0.717, 1.165) is 0 Å². The lowest BCUT2D eigenvalue weighted by Crippen LogP contribution is -2.33. The first-order valence-corrected chi connectivity index (χ1v) is 14.6. The van der Waals surface area contributed by atoms with Crippen molar-refractivity contribution in [3.05, 3.63) is 49.3 Å². The molecule has 17 heteroatoms. The molecule has 2 fully saturated rings. The van der Waals surface area contributed by atoms with E-state index in [-0.39, 0.29) is 23.7 Å². The van der Waals surface area contributed by atoms with Gasteiger partial charge < -0.3 is 29.1 Å². The van der Waals surface area contributed by atoms with Crippen LogP contribution in [0.15, 0.2) is 26.9 Å². The Hall–Kier alpha value is -2.72. The van der Waals surface area contributed by atoms with Crippen LogP contribution in [0.5, 0.6) is 0 Å². The van der Waals surface area contributed by atoms with Gasteiger partial charge in [0.15, 0.2) is 11.2 Å². The fraction of sp³-hybridized carbons (Fsp3) is 0.571. The molecule has 0 aliphatic carbocycles. The lowest BCUT2D eigenvalue weighted by Gasteiger charge is -2.24. The van der Waals surface area contributed by atoms with Gasteiger partial charge in [0.05, 0.1) is 31.2 Å². The second-order valence-electron chi connectivity index (χ2n) is 9.23. The average molecular weight is 570 g/mol. The highest BCUT2D eigenvalue weighted by Gasteiger charge is 2.40. The minimum absolute atomic E-state index is 0.0344. The van der Waals surface area contributed by atoms with Crippen LogP contribution in [0.1, 0.15) is 50.6 Å². The lowest BCUT2D eigenvalue weighted by molar-refractivity contribution is -0.0300. The molecular formula is C21H28N7O8PS. The topological polar surface area (TPSA) is 202 Å². The summed E-state index contributed by atoms with van der Waals surface area (Å²) in [5, 5.41) is 0. The maximum absolute atomic E-state index is 12.2. The van der Waals surface area contributed by atoms with Crippen LogP contribution in [0.25, 0.3) is 11.2 Å². The third kappa shape index (κ3) is 5.38. The summed E-state index contributed by atoms with van der Waals surface area (Å²) >= 11 is 5.26. The summed E-state index contributed by atoms with van der Waals surface area (Å²) in [5.41, 5.74) is 5.03. The standard InChI is InChI=1S/C21H28N7O8PS/c1-3-12-13(6-15(35-12)28-9-23-16-17(28)24-20(22)25-19(16)30)36-37(32,38)33-8-11-4-5-14(34-11)27-7-10(2)18(29)26-21(27)31/h7,9,11-15H,3-6,8H2,1-2H3,(H,32,38)(H,26,29,31)(H3,22,24,25,30)/t11-,12+,13+,14+,15+,37?/m0/s1. The zero-order valence-corrected chi connectivity index (χ0v) is 22.3. The highest BCUT2D eigenvalue weighted by atomic mass is 32.5. The number of rotatable bonds is 8. The summed E-state index contributed by atoms with van der Waals surface area (Å²) in [6, 6.07) is 0. The van der Waals surface area contributed by atoms with Gasteiger partial charge in [-0.15, -0.1) is 0 Å². The molecule has 5 heterocycles. The summed E-state index contributed by atoms with van der Waals surface area (Å²) in [5.74, 6) is -0.0433. The molecule has 0 bridgehead atoms. The Morgan fingerprint density at radius 2 is 2.00 bits per heavy atom. The molecule has 0 spiro atoms. The maximum atomic E-state index is 12.2. The molecule has 0 amide bonds. The zero-order valence-electron chi connectivity index (χ0n) is 20.6. The minimum Gasteiger partial charge on any atom is -0.369 e. The molecule has 0 saturated carbocycles. The number of ether oxygens (including phenoxy) is 2. The van der Waals surface area contributed by atoms with E-state index in [1.807, 2.05) is 6.92 Å². The molecule has 5 rings (SSSR count). The van der Waals surface area contributed by atoms with Crippen molar-refractivity contribution < 1.29 is 23.4 Å². The Kier molecular flexibility index (Phi) is 7.39. The first-order valence-electron chi connectivity index (χ1n) is 12.1. The van der Waals surface area contributed by atoms with Crippen molar-refractivity contribution in [3.63, 3.8) is 0 Å². The molecule has 206 valence electrons. The molecule has 2 aliphatic rings. The Morgan fingerprint density at radius 3 is 2.76 bits per heavy atom. The second kappa shape index (κ2) is 10.4. The summed E-state index contributed by atoms with van der Waals surface area (Å²) in [6.45, 7) is -0.210. The Labute approximate surface area is 220 Å². The number of nitrogens with one attached hydrogen (secondary N) is 2. The number of nitrogens with zero attached hydrogens (tertiary/aromatic N) is 4. The summed E-state index contributed by atoms with van der Waals surface area (Å²) in [4.78, 5) is 59.6. The van der Waals surface area contributed by atoms with Crippen LogP contribution >= 0.6 is 6.72 Å². The maximum Gasteiger partial charge on any atom is 0.330 e. The number of hydrogen-bond acceptors (Lipinski definition) is 11. The number of nitrogens with two attached hydrogens (primary N) is 1. The molecule has 3 aromatic rings. The van der Waals surface area contributed by atoms with Crippen molar-refractivity contribution >= 4 is 35.6 Å². The predicted octanol–water partition coefficient (Wildman–Crippen LogP) is 0.554. The van der Waals surface area contributed by atoms with Gasteiger partial charge in [-0.2, -0.15) is 4.98 Å². The zero-order chi connectivity index (χ0) is 27.2. The van der Waals surface area contributed by atoms with E-state index in [1.54, 1.807) is 11.5 Å². The van der Waals surface area contributed by atoms with E-state index in [4.69, 9.17) is 36.1 Å². The van der Waals surface area contributed by atoms with E-state index in [1.165, 1.54) is 17.1 Å². The van der Waals surface area contributed by atoms with Crippen molar-refractivity contribution in [3.8, 4) is 0 Å². The molecule has 38 heavy (non-hydrogen) atoms. The quantitative estimate of drug-likeness (QED) is 0.275. The van der Waals surface area contributed by atoms with E-state index in [9.17, 15) is 19.3 Å². The Balaban J connectivity index is 1.21. The molecule has 6 atom stereocenters. The second-order valence-corrected chi connectivity index (χ2v) is 12.0. The monoisotopic (exact) mass is 569 g/mol. The van der Waals surface area contributed by atoms with E-state index < -0.39 is 54.3 Å². The van der Waals surface area contributed by atoms with Crippen molar-refractivity contribution in [1.82, 2.24) is 29.1 Å². The largest absolute Gasteiger partial charge is 0.369 e. The Bertz CT molecular complexity index is 1570. The van der Waals surface area contributed by atoms with Crippen molar-refractivity contribution in [2.75, 3.05) is 12.3 Å². The Morgan fingerprint density at radius 1 is 1.21 bits per heavy atom. The summed E-state index contributed by atoms with van der Waals surface area (Å²) < 4.78 is 26.4. The van der Waals surface area contributed by atoms with Crippen LogP contribution in [-0.4, -0.2) is 58.9 Å². The van der Waals surface area contributed by atoms with Crippen LogP contribution in [0.3, 0.4) is 0 Å². The van der Waals surface area contributed by atoms with Crippen molar-refractivity contribution in [1.29, 1.82) is 0 Å². The lowest BCUT2D eigenvalue weighted by atomic mass is 10.1. The highest BCUT2D eigenvalue weighted by molar-refractivity contribution is 8.07. The average Bonchev–Trinajstić information content (AvgIpc) is 3.58. The number of aryl methyl sites for hydroxylation is 1. The summed E-state index contributed by atoms with van der Waals surface area (Å²) in [6.07, 6.45) is 2.28. The first kappa shape index (κ1) is 26.9. The number of fused-ring (bicyclic) bond motifs is 1. The molecule has 3 aromatic heterocycles. The fourth-order valence-electron chi connectivity index (χ4n) is 4.69. The molecule has 0 radical (unpaired) electrons. The molecule has 2 aliphatic heterocycles. The highest BCUT2D eigenvalue weighted by Crippen LogP contribution is 2.49. The fourth-order valence-corrected chi connectivity index (χ4v) is 6.19. The number of anilines is 1. The third-order valence-electron chi connectivity index (χ3n) is 6.58. The van der Waals surface area contributed by atoms with Crippen LogP contribution < -0.4 is 22.5 Å². The molecule has 2 saturated heterocycles. The van der Waals surface area contributed by atoms with Crippen LogP contribution in [-0.2, 0) is 30.3 Å². The van der Waals surface area contributed by atoms with Crippen molar-refractivity contribution in [2.45, 2.75) is 70.3 Å². The van der Waals surface area contributed by atoms with Gasteiger partial charge in [0.1, 0.15) is 12.5 Å². The molecule has 1 unspecified atom stereocenters. The van der Waals surface area contributed by atoms with E-state index >= 15 is 0 Å². The van der Waals surface area contributed by atoms with E-state index in [0.29, 0.717) is 31.2 Å². The van der Waals surface area contributed by atoms with Gasteiger partial charge in [-0.1, -0.05) is 6.92 Å². The van der Waals surface area contributed by atoms with Gasteiger partial charge in [0.25, 0.3) is 11.1 Å². The van der Waals surface area contributed by atoms with Crippen molar-refractivity contribution in [2.24, 2.45) is 0 Å². The van der Waals surface area contributed by atoms with Gasteiger partial charge >= 0.3 is 12.4 Å². The summed E-state index contributed by atoms with van der Waals surface area (Å²) in [7, 11) is 0. The normalized spacial score (nSPS) is 27.2. The number of hydrogen-bond donors (Lipinski definition) is 4. The number of aromatic nitrogens is 6.